The van der Waals surface area contributed by atoms with Crippen molar-refractivity contribution >= 4 is 17.8 Å². The van der Waals surface area contributed by atoms with Gasteiger partial charge in [0, 0.05) is 18.4 Å². The molecule has 3 N–H and O–H groups in total. The third-order valence-corrected chi connectivity index (χ3v) is 3.69. The molecule has 0 fully saturated rings. The number of carbonyl (C=O) groups is 2. The SMILES string of the molecule is CC/C=C(C)/C(=C\C=C(/C)C(=NC)C(C(=O)OC)=C(C)N)NC(=O)OC(C)(C)C. The lowest BCUT2D eigenvalue weighted by Crippen LogP contribution is -2.32. The molecule has 1 amide bonds. The molecule has 7 nitrogen and oxygen atoms in total. The summed E-state index contributed by atoms with van der Waals surface area (Å²) < 4.78 is 10.2. The number of nitrogens with one attached hydrogen (secondary N) is 1. The van der Waals surface area contributed by atoms with Crippen LogP contribution in [0.5, 0.6) is 0 Å². The molecule has 0 aromatic heterocycles. The first-order valence-electron chi connectivity index (χ1n) is 9.45. The summed E-state index contributed by atoms with van der Waals surface area (Å²) in [5, 5.41) is 2.78. The fraction of sp³-hybridized carbons (Fsp3) is 0.500. The van der Waals surface area contributed by atoms with Crippen LogP contribution in [0.2, 0.25) is 0 Å². The molecule has 0 atom stereocenters. The van der Waals surface area contributed by atoms with E-state index in [-0.39, 0.29) is 5.57 Å². The highest BCUT2D eigenvalue weighted by Crippen LogP contribution is 2.15. The van der Waals surface area contributed by atoms with Crippen molar-refractivity contribution in [3.63, 3.8) is 0 Å². The van der Waals surface area contributed by atoms with Gasteiger partial charge in [0.2, 0.25) is 0 Å². The zero-order valence-corrected chi connectivity index (χ0v) is 19.1. The summed E-state index contributed by atoms with van der Waals surface area (Å²) >= 11 is 0. The number of esters is 1. The zero-order chi connectivity index (χ0) is 22.8. The average Bonchev–Trinajstić information content (AvgIpc) is 2.60. The molecule has 0 rings (SSSR count). The Hall–Kier alpha value is -2.83. The van der Waals surface area contributed by atoms with E-state index in [0.717, 1.165) is 12.0 Å². The molecule has 0 radical (unpaired) electrons. The van der Waals surface area contributed by atoms with E-state index in [2.05, 4.69) is 10.3 Å². The minimum atomic E-state index is -0.607. The van der Waals surface area contributed by atoms with Crippen LogP contribution in [0.25, 0.3) is 0 Å². The highest BCUT2D eigenvalue weighted by atomic mass is 16.6. The van der Waals surface area contributed by atoms with Gasteiger partial charge in [-0.25, -0.2) is 9.59 Å². The van der Waals surface area contributed by atoms with E-state index >= 15 is 0 Å². The van der Waals surface area contributed by atoms with Crippen LogP contribution in [0, 0.1) is 0 Å². The number of aliphatic imine (C=N–C) groups is 1. The van der Waals surface area contributed by atoms with Gasteiger partial charge < -0.3 is 15.2 Å². The summed E-state index contributed by atoms with van der Waals surface area (Å²) in [7, 11) is 2.86. The zero-order valence-electron chi connectivity index (χ0n) is 19.1. The number of alkyl carbamates (subject to hydrolysis) is 1. The average molecular weight is 406 g/mol. The van der Waals surface area contributed by atoms with Gasteiger partial charge >= 0.3 is 12.1 Å². The standard InChI is InChI=1S/C22H35N3O4/c1-10-11-14(2)17(25-21(27)29-22(5,6)7)13-12-15(3)19(24-8)18(16(4)23)20(26)28-9/h11-13H,10,23H2,1-9H3,(H,25,27)/b14-11+,15-12+,17-13+,18-16?,24-19?. The first kappa shape index (κ1) is 26.2. The van der Waals surface area contributed by atoms with Crippen LogP contribution in [0.15, 0.2) is 51.3 Å². The fourth-order valence-corrected chi connectivity index (χ4v) is 2.42. The molecular weight excluding hydrogens is 370 g/mol. The van der Waals surface area contributed by atoms with Crippen LogP contribution in [0.1, 0.15) is 54.9 Å². The van der Waals surface area contributed by atoms with Crippen molar-refractivity contribution < 1.29 is 19.1 Å². The van der Waals surface area contributed by atoms with E-state index in [0.29, 0.717) is 22.7 Å². The Balaban J connectivity index is 6.03. The number of nitrogens with zero attached hydrogens (tertiary/aromatic N) is 1. The summed E-state index contributed by atoms with van der Waals surface area (Å²) in [5.74, 6) is -0.559. The topological polar surface area (TPSA) is 103 Å². The Morgan fingerprint density at radius 2 is 1.69 bits per heavy atom. The summed E-state index contributed by atoms with van der Waals surface area (Å²) in [5.41, 5.74) is 8.35. The van der Waals surface area contributed by atoms with Gasteiger partial charge in [0.25, 0.3) is 0 Å². The van der Waals surface area contributed by atoms with Crippen LogP contribution in [0.4, 0.5) is 4.79 Å². The molecule has 0 bridgehead atoms. The second-order valence-corrected chi connectivity index (χ2v) is 7.47. The molecule has 162 valence electrons. The van der Waals surface area contributed by atoms with Crippen molar-refractivity contribution in [2.75, 3.05) is 14.2 Å². The van der Waals surface area contributed by atoms with E-state index < -0.39 is 17.7 Å². The van der Waals surface area contributed by atoms with Gasteiger partial charge in [0.05, 0.1) is 12.8 Å². The van der Waals surface area contributed by atoms with Crippen LogP contribution in [-0.4, -0.2) is 37.5 Å². The van der Waals surface area contributed by atoms with E-state index in [1.807, 2.05) is 19.9 Å². The predicted molar refractivity (Wildman–Crippen MR) is 118 cm³/mol. The molecule has 0 aliphatic heterocycles. The third-order valence-electron chi connectivity index (χ3n) is 3.69. The van der Waals surface area contributed by atoms with Crippen molar-refractivity contribution in [1.82, 2.24) is 5.32 Å². The number of nitrogens with two attached hydrogens (primary N) is 1. The van der Waals surface area contributed by atoms with Crippen molar-refractivity contribution in [2.45, 2.75) is 60.5 Å². The predicted octanol–water partition coefficient (Wildman–Crippen LogP) is 4.17. The summed E-state index contributed by atoms with van der Waals surface area (Å²) in [6, 6.07) is 0. The highest BCUT2D eigenvalue weighted by Gasteiger charge is 2.20. The molecule has 0 aromatic rings. The minimum absolute atomic E-state index is 0.208. The first-order chi connectivity index (χ1) is 13.4. The van der Waals surface area contributed by atoms with Gasteiger partial charge in [-0.05, 0) is 65.2 Å². The van der Waals surface area contributed by atoms with Crippen molar-refractivity contribution in [2.24, 2.45) is 10.7 Å². The lowest BCUT2D eigenvalue weighted by Gasteiger charge is -2.20. The maximum absolute atomic E-state index is 12.2. The molecule has 0 saturated carbocycles. The number of carbonyl (C=O) groups excluding carboxylic acids is 2. The largest absolute Gasteiger partial charge is 0.465 e. The van der Waals surface area contributed by atoms with E-state index in [4.69, 9.17) is 15.2 Å². The molecule has 0 heterocycles. The normalized spacial score (nSPS) is 14.9. The number of allylic oxidation sites excluding steroid dienone is 6. The van der Waals surface area contributed by atoms with E-state index in [9.17, 15) is 9.59 Å². The Bertz CT molecular complexity index is 759. The van der Waals surface area contributed by atoms with E-state index in [1.165, 1.54) is 7.11 Å². The molecule has 0 aliphatic carbocycles. The van der Waals surface area contributed by atoms with Gasteiger partial charge in [0.1, 0.15) is 11.2 Å². The quantitative estimate of drug-likeness (QED) is 0.286. The van der Waals surface area contributed by atoms with Crippen LogP contribution in [-0.2, 0) is 14.3 Å². The lowest BCUT2D eigenvalue weighted by atomic mass is 10.0. The number of methoxy groups -OCH3 is 1. The van der Waals surface area contributed by atoms with Gasteiger partial charge in [-0.3, -0.25) is 10.3 Å². The Labute approximate surface area is 174 Å². The smallest absolute Gasteiger partial charge is 0.412 e. The monoisotopic (exact) mass is 405 g/mol. The van der Waals surface area contributed by atoms with Gasteiger partial charge in [0.15, 0.2) is 0 Å². The van der Waals surface area contributed by atoms with Crippen LogP contribution < -0.4 is 11.1 Å². The number of amides is 1. The van der Waals surface area contributed by atoms with Crippen molar-refractivity contribution in [1.29, 1.82) is 0 Å². The van der Waals surface area contributed by atoms with Crippen LogP contribution in [0.3, 0.4) is 0 Å². The maximum atomic E-state index is 12.2. The molecular formula is C22H35N3O4. The second kappa shape index (κ2) is 11.9. The Kier molecular flexibility index (Phi) is 10.7. The number of rotatable bonds is 7. The summed E-state index contributed by atoms with van der Waals surface area (Å²) in [6.07, 6.45) is 5.76. The lowest BCUT2D eigenvalue weighted by molar-refractivity contribution is -0.135. The Morgan fingerprint density at radius 3 is 2.10 bits per heavy atom. The summed E-state index contributed by atoms with van der Waals surface area (Å²) in [4.78, 5) is 28.5. The van der Waals surface area contributed by atoms with E-state index in [1.54, 1.807) is 53.8 Å². The summed E-state index contributed by atoms with van der Waals surface area (Å²) in [6.45, 7) is 12.7. The molecule has 0 unspecified atom stereocenters. The minimum Gasteiger partial charge on any atom is -0.465 e. The molecule has 0 spiro atoms. The first-order valence-corrected chi connectivity index (χ1v) is 9.45. The van der Waals surface area contributed by atoms with Gasteiger partial charge in [-0.2, -0.15) is 0 Å². The maximum Gasteiger partial charge on any atom is 0.412 e. The van der Waals surface area contributed by atoms with Gasteiger partial charge in [-0.15, -0.1) is 0 Å². The third kappa shape index (κ3) is 9.27. The van der Waals surface area contributed by atoms with Crippen molar-refractivity contribution in [3.05, 3.63) is 46.3 Å². The molecule has 0 aromatic carbocycles. The molecule has 0 saturated heterocycles. The molecule has 29 heavy (non-hydrogen) atoms. The number of hydrogen-bond acceptors (Lipinski definition) is 6. The van der Waals surface area contributed by atoms with Gasteiger partial charge in [-0.1, -0.05) is 19.1 Å². The fourth-order valence-electron chi connectivity index (χ4n) is 2.42. The Morgan fingerprint density at radius 1 is 1.10 bits per heavy atom. The number of hydrogen-bond donors (Lipinski definition) is 2. The highest BCUT2D eigenvalue weighted by molar-refractivity contribution is 6.26. The molecule has 7 heteroatoms. The molecule has 0 aliphatic rings. The number of ether oxygens (including phenoxy) is 2. The van der Waals surface area contributed by atoms with Crippen LogP contribution >= 0.6 is 0 Å². The second-order valence-electron chi connectivity index (χ2n) is 7.47. The van der Waals surface area contributed by atoms with Crippen molar-refractivity contribution in [3.8, 4) is 0 Å².